The van der Waals surface area contributed by atoms with Crippen molar-refractivity contribution in [3.05, 3.63) is 67.8 Å². The number of ether oxygens (including phenoxy) is 1. The number of nitriles is 1. The molecule has 10 nitrogen and oxygen atoms in total. The minimum absolute atomic E-state index is 0.138. The number of nitrogens with zero attached hydrogens (tertiary/aromatic N) is 4. The SMILES string of the molecule is CCn1c(=O)n(CC2CC2)c(=O)c2cc(NC(=O)C3CN(C(C)=O)CC3COc3ccc(C#N)c(Cl)c3)ccc21. The van der Waals surface area contributed by atoms with Gasteiger partial charge in [-0.2, -0.15) is 5.26 Å². The van der Waals surface area contributed by atoms with Crippen LogP contribution in [0.1, 0.15) is 32.3 Å². The average Bonchev–Trinajstić information content (AvgIpc) is 3.65. The topological polar surface area (TPSA) is 126 Å². The van der Waals surface area contributed by atoms with Crippen LogP contribution in [-0.2, 0) is 22.7 Å². The van der Waals surface area contributed by atoms with Crippen LogP contribution in [0.25, 0.3) is 10.9 Å². The lowest BCUT2D eigenvalue weighted by Crippen LogP contribution is -2.40. The summed E-state index contributed by atoms with van der Waals surface area (Å²) in [5.74, 6) is -0.465. The molecule has 5 rings (SSSR count). The molecule has 40 heavy (non-hydrogen) atoms. The molecule has 2 unspecified atom stereocenters. The van der Waals surface area contributed by atoms with Crippen molar-refractivity contribution >= 4 is 40.0 Å². The van der Waals surface area contributed by atoms with Crippen LogP contribution in [0.15, 0.2) is 46.0 Å². The number of rotatable bonds is 8. The number of carbonyl (C=O) groups is 2. The van der Waals surface area contributed by atoms with Gasteiger partial charge < -0.3 is 15.0 Å². The van der Waals surface area contributed by atoms with Gasteiger partial charge in [0.1, 0.15) is 11.8 Å². The first kappa shape index (κ1) is 27.5. The monoisotopic (exact) mass is 563 g/mol. The normalized spacial score (nSPS) is 18.5. The molecule has 0 radical (unpaired) electrons. The molecule has 1 aliphatic carbocycles. The number of hydrogen-bond acceptors (Lipinski definition) is 6. The standard InChI is InChI=1S/C29H30ClN5O5/c1-3-34-26-9-7-21(10-23(26)28(38)35(29(34)39)13-18-4-5-18)32-27(37)24-15-33(17(2)36)14-20(24)16-40-22-8-6-19(12-31)25(30)11-22/h6-11,18,20,24H,3-5,13-16H2,1-2H3,(H,32,37). The number of anilines is 1. The van der Waals surface area contributed by atoms with Gasteiger partial charge in [0.15, 0.2) is 0 Å². The molecule has 208 valence electrons. The first-order valence-corrected chi connectivity index (χ1v) is 13.7. The minimum atomic E-state index is -0.551. The van der Waals surface area contributed by atoms with Gasteiger partial charge in [0.05, 0.1) is 34.0 Å². The summed E-state index contributed by atoms with van der Waals surface area (Å²) in [7, 11) is 0. The van der Waals surface area contributed by atoms with Gasteiger partial charge in [-0.15, -0.1) is 0 Å². The van der Waals surface area contributed by atoms with Gasteiger partial charge in [0, 0.05) is 50.8 Å². The molecule has 2 amide bonds. The summed E-state index contributed by atoms with van der Waals surface area (Å²) < 4.78 is 8.78. The number of fused-ring (bicyclic) bond motifs is 1. The van der Waals surface area contributed by atoms with Crippen molar-refractivity contribution < 1.29 is 14.3 Å². The van der Waals surface area contributed by atoms with E-state index in [1.807, 2.05) is 13.0 Å². The Labute approximate surface area is 235 Å². The molecule has 2 atom stereocenters. The second-order valence-electron chi connectivity index (χ2n) is 10.5. The second kappa shape index (κ2) is 11.2. The number of nitrogens with one attached hydrogen (secondary N) is 1. The highest BCUT2D eigenvalue weighted by atomic mass is 35.5. The Bertz CT molecular complexity index is 1650. The zero-order valence-corrected chi connectivity index (χ0v) is 23.1. The van der Waals surface area contributed by atoms with Gasteiger partial charge >= 0.3 is 5.69 Å². The predicted molar refractivity (Wildman–Crippen MR) is 150 cm³/mol. The zero-order chi connectivity index (χ0) is 28.6. The number of aromatic nitrogens is 2. The van der Waals surface area contributed by atoms with Gasteiger partial charge in [0.2, 0.25) is 11.8 Å². The van der Waals surface area contributed by atoms with E-state index in [4.69, 9.17) is 21.6 Å². The summed E-state index contributed by atoms with van der Waals surface area (Å²) in [6.07, 6.45) is 2.02. The van der Waals surface area contributed by atoms with Crippen LogP contribution in [-0.4, -0.2) is 45.5 Å². The molecule has 1 saturated carbocycles. The highest BCUT2D eigenvalue weighted by molar-refractivity contribution is 6.31. The Balaban J connectivity index is 1.38. The van der Waals surface area contributed by atoms with Crippen molar-refractivity contribution in [3.63, 3.8) is 0 Å². The molecule has 2 aromatic carbocycles. The average molecular weight is 564 g/mol. The van der Waals surface area contributed by atoms with E-state index < -0.39 is 5.92 Å². The third kappa shape index (κ3) is 5.47. The van der Waals surface area contributed by atoms with E-state index >= 15 is 0 Å². The van der Waals surface area contributed by atoms with Crippen LogP contribution in [0.4, 0.5) is 5.69 Å². The molecule has 3 aromatic rings. The molecule has 0 spiro atoms. The van der Waals surface area contributed by atoms with E-state index in [1.165, 1.54) is 11.5 Å². The second-order valence-corrected chi connectivity index (χ2v) is 10.9. The van der Waals surface area contributed by atoms with Crippen LogP contribution in [0.2, 0.25) is 5.02 Å². The van der Waals surface area contributed by atoms with Crippen molar-refractivity contribution in [2.24, 2.45) is 17.8 Å². The maximum atomic E-state index is 13.5. The lowest BCUT2D eigenvalue weighted by Gasteiger charge is -2.19. The molecule has 1 aliphatic heterocycles. The summed E-state index contributed by atoms with van der Waals surface area (Å²) in [6, 6.07) is 11.7. The van der Waals surface area contributed by atoms with Crippen molar-refractivity contribution in [1.82, 2.24) is 14.0 Å². The summed E-state index contributed by atoms with van der Waals surface area (Å²) in [6.45, 7) is 4.89. The first-order chi connectivity index (χ1) is 19.2. The maximum absolute atomic E-state index is 13.5. The van der Waals surface area contributed by atoms with Crippen molar-refractivity contribution in [2.75, 3.05) is 25.0 Å². The molecule has 0 bridgehead atoms. The highest BCUT2D eigenvalue weighted by Crippen LogP contribution is 2.30. The van der Waals surface area contributed by atoms with E-state index in [-0.39, 0.29) is 47.2 Å². The van der Waals surface area contributed by atoms with Gasteiger partial charge in [-0.3, -0.25) is 23.5 Å². The van der Waals surface area contributed by atoms with Crippen LogP contribution >= 0.6 is 11.6 Å². The van der Waals surface area contributed by atoms with Crippen LogP contribution in [0, 0.1) is 29.1 Å². The fourth-order valence-corrected chi connectivity index (χ4v) is 5.45. The third-order valence-electron chi connectivity index (χ3n) is 7.69. The van der Waals surface area contributed by atoms with Crippen molar-refractivity contribution in [1.29, 1.82) is 5.26 Å². The minimum Gasteiger partial charge on any atom is -0.493 e. The molecule has 1 N–H and O–H groups in total. The van der Waals surface area contributed by atoms with Gasteiger partial charge in [0.25, 0.3) is 5.56 Å². The zero-order valence-electron chi connectivity index (χ0n) is 22.4. The van der Waals surface area contributed by atoms with Crippen molar-refractivity contribution in [3.8, 4) is 11.8 Å². The molecule has 2 heterocycles. The summed E-state index contributed by atoms with van der Waals surface area (Å²) in [5.41, 5.74) is 0.627. The number of amides is 2. The van der Waals surface area contributed by atoms with Crippen LogP contribution < -0.4 is 21.3 Å². The van der Waals surface area contributed by atoms with Gasteiger partial charge in [-0.25, -0.2) is 4.79 Å². The number of halogens is 1. The Hall–Kier alpha value is -4.10. The van der Waals surface area contributed by atoms with Crippen LogP contribution in [0.3, 0.4) is 0 Å². The highest BCUT2D eigenvalue weighted by Gasteiger charge is 2.39. The molecule has 2 aliphatic rings. The van der Waals surface area contributed by atoms with E-state index in [2.05, 4.69) is 5.32 Å². The Morgan fingerprint density at radius 3 is 2.55 bits per heavy atom. The van der Waals surface area contributed by atoms with E-state index in [0.29, 0.717) is 53.5 Å². The summed E-state index contributed by atoms with van der Waals surface area (Å²) in [4.78, 5) is 53.4. The smallest absolute Gasteiger partial charge is 0.331 e. The number of carbonyl (C=O) groups excluding carboxylic acids is 2. The van der Waals surface area contributed by atoms with Gasteiger partial charge in [-0.05, 0) is 56.0 Å². The lowest BCUT2D eigenvalue weighted by molar-refractivity contribution is -0.128. The third-order valence-corrected chi connectivity index (χ3v) is 8.01. The largest absolute Gasteiger partial charge is 0.493 e. The summed E-state index contributed by atoms with van der Waals surface area (Å²) in [5, 5.41) is 12.6. The van der Waals surface area contributed by atoms with E-state index in [0.717, 1.165) is 12.8 Å². The molecule has 11 heteroatoms. The van der Waals surface area contributed by atoms with Crippen LogP contribution in [0.5, 0.6) is 5.75 Å². The molecular weight excluding hydrogens is 534 g/mol. The van der Waals surface area contributed by atoms with E-state index in [1.54, 1.807) is 45.9 Å². The molecular formula is C29H30ClN5O5. The Morgan fingerprint density at radius 1 is 1.12 bits per heavy atom. The number of likely N-dealkylation sites (tertiary alicyclic amines) is 1. The quantitative estimate of drug-likeness (QED) is 0.448. The number of aryl methyl sites for hydroxylation is 1. The lowest BCUT2D eigenvalue weighted by atomic mass is 9.96. The Kier molecular flexibility index (Phi) is 7.68. The number of hydrogen-bond donors (Lipinski definition) is 1. The predicted octanol–water partition coefficient (Wildman–Crippen LogP) is 3.23. The Morgan fingerprint density at radius 2 is 1.90 bits per heavy atom. The maximum Gasteiger partial charge on any atom is 0.331 e. The first-order valence-electron chi connectivity index (χ1n) is 13.4. The molecule has 1 saturated heterocycles. The summed E-state index contributed by atoms with van der Waals surface area (Å²) >= 11 is 6.11. The number of benzene rings is 2. The molecule has 1 aromatic heterocycles. The fourth-order valence-electron chi connectivity index (χ4n) is 5.24. The van der Waals surface area contributed by atoms with E-state index in [9.17, 15) is 19.2 Å². The van der Waals surface area contributed by atoms with Gasteiger partial charge in [-0.1, -0.05) is 11.6 Å². The fraction of sp³-hybridized carbons (Fsp3) is 0.414. The van der Waals surface area contributed by atoms with Crippen molar-refractivity contribution in [2.45, 2.75) is 39.8 Å². The molecule has 2 fully saturated rings.